The molecule has 0 radical (unpaired) electrons. The van der Waals surface area contributed by atoms with Crippen LogP contribution in [0.4, 0.5) is 29.3 Å². The molecule has 0 saturated carbocycles. The van der Waals surface area contributed by atoms with Crippen LogP contribution >= 0.6 is 0 Å². The van der Waals surface area contributed by atoms with Crippen LogP contribution in [0.1, 0.15) is 11.1 Å². The maximum atomic E-state index is 12.9. The fraction of sp³-hybridized carbons (Fsp3) is 0.300. The molecular weight excluding hydrogens is 387 g/mol. The van der Waals surface area contributed by atoms with Gasteiger partial charge in [0, 0.05) is 18.8 Å². The number of anilines is 2. The minimum Gasteiger partial charge on any atom is -0.495 e. The number of nitrogens with zero attached hydrogens (tertiary/aromatic N) is 2. The van der Waals surface area contributed by atoms with Gasteiger partial charge in [-0.3, -0.25) is 9.69 Å². The van der Waals surface area contributed by atoms with E-state index in [0.29, 0.717) is 13.1 Å². The molecule has 1 fully saturated rings. The molecule has 0 atom stereocenters. The minimum atomic E-state index is -4.55. The van der Waals surface area contributed by atoms with Crippen LogP contribution < -0.4 is 15.0 Å². The Morgan fingerprint density at radius 3 is 2.45 bits per heavy atom. The predicted octanol–water partition coefficient (Wildman–Crippen LogP) is 3.90. The number of urea groups is 1. The van der Waals surface area contributed by atoms with Gasteiger partial charge < -0.3 is 15.0 Å². The summed E-state index contributed by atoms with van der Waals surface area (Å²) in [4.78, 5) is 27.9. The lowest BCUT2D eigenvalue weighted by molar-refractivity contribution is -0.137. The Morgan fingerprint density at radius 1 is 1.14 bits per heavy atom. The van der Waals surface area contributed by atoms with Crippen molar-refractivity contribution in [3.8, 4) is 5.75 Å². The van der Waals surface area contributed by atoms with E-state index >= 15 is 0 Å². The molecule has 1 saturated heterocycles. The number of hydrogen-bond donors (Lipinski definition) is 1. The molecule has 6 nitrogen and oxygen atoms in total. The third kappa shape index (κ3) is 4.61. The molecule has 3 amide bonds. The molecule has 154 valence electrons. The zero-order valence-electron chi connectivity index (χ0n) is 15.9. The van der Waals surface area contributed by atoms with E-state index in [4.69, 9.17) is 4.74 Å². The molecule has 29 heavy (non-hydrogen) atoms. The van der Waals surface area contributed by atoms with Gasteiger partial charge in [-0.2, -0.15) is 13.2 Å². The van der Waals surface area contributed by atoms with Gasteiger partial charge in [0.1, 0.15) is 12.3 Å². The van der Waals surface area contributed by atoms with E-state index in [-0.39, 0.29) is 24.0 Å². The second kappa shape index (κ2) is 8.02. The zero-order chi connectivity index (χ0) is 21.2. The topological polar surface area (TPSA) is 61.9 Å². The first kappa shape index (κ1) is 20.5. The largest absolute Gasteiger partial charge is 0.495 e. The van der Waals surface area contributed by atoms with Crippen molar-refractivity contribution in [1.29, 1.82) is 0 Å². The summed E-state index contributed by atoms with van der Waals surface area (Å²) in [5.41, 5.74) is 0.778. The Labute approximate surface area is 165 Å². The van der Waals surface area contributed by atoms with Gasteiger partial charge in [-0.15, -0.1) is 0 Å². The van der Waals surface area contributed by atoms with Crippen molar-refractivity contribution in [2.75, 3.05) is 37.0 Å². The Morgan fingerprint density at radius 2 is 1.83 bits per heavy atom. The number of nitrogens with one attached hydrogen (secondary N) is 1. The number of rotatable bonds is 5. The highest BCUT2D eigenvalue weighted by atomic mass is 19.4. The first-order chi connectivity index (χ1) is 13.7. The van der Waals surface area contributed by atoms with Gasteiger partial charge in [0.15, 0.2) is 0 Å². The quantitative estimate of drug-likeness (QED) is 0.818. The van der Waals surface area contributed by atoms with Crippen LogP contribution in [0.3, 0.4) is 0 Å². The Bertz CT molecular complexity index is 913. The fourth-order valence-electron chi connectivity index (χ4n) is 3.04. The van der Waals surface area contributed by atoms with Gasteiger partial charge in [-0.05, 0) is 37.3 Å². The number of methoxy groups -OCH3 is 1. The lowest BCUT2D eigenvalue weighted by Gasteiger charge is -2.19. The van der Waals surface area contributed by atoms with Crippen LogP contribution in [0.5, 0.6) is 5.75 Å². The average molecular weight is 407 g/mol. The molecular formula is C20H20F3N3O3. The summed E-state index contributed by atoms with van der Waals surface area (Å²) in [6, 6.07) is 9.90. The van der Waals surface area contributed by atoms with E-state index in [1.807, 2.05) is 31.2 Å². The second-order valence-electron chi connectivity index (χ2n) is 6.65. The molecule has 0 bridgehead atoms. The van der Waals surface area contributed by atoms with E-state index in [9.17, 15) is 22.8 Å². The number of benzene rings is 2. The second-order valence-corrected chi connectivity index (χ2v) is 6.65. The lowest BCUT2D eigenvalue weighted by Crippen LogP contribution is -2.37. The van der Waals surface area contributed by atoms with E-state index in [2.05, 4.69) is 5.32 Å². The van der Waals surface area contributed by atoms with E-state index < -0.39 is 17.6 Å². The zero-order valence-corrected chi connectivity index (χ0v) is 15.9. The van der Waals surface area contributed by atoms with Crippen molar-refractivity contribution in [2.24, 2.45) is 0 Å². The van der Waals surface area contributed by atoms with Crippen molar-refractivity contribution in [3.05, 3.63) is 53.6 Å². The highest BCUT2D eigenvalue weighted by Crippen LogP contribution is 2.35. The number of carbonyl (C=O) groups excluding carboxylic acids is 2. The Hall–Kier alpha value is -3.23. The van der Waals surface area contributed by atoms with E-state index in [0.717, 1.165) is 29.4 Å². The van der Waals surface area contributed by atoms with Crippen LogP contribution in [0.25, 0.3) is 0 Å². The first-order valence-electron chi connectivity index (χ1n) is 8.87. The maximum Gasteiger partial charge on any atom is 0.416 e. The molecule has 9 heteroatoms. The van der Waals surface area contributed by atoms with Crippen LogP contribution in [-0.4, -0.2) is 43.6 Å². The molecule has 1 N–H and O–H groups in total. The van der Waals surface area contributed by atoms with Crippen molar-refractivity contribution in [2.45, 2.75) is 13.1 Å². The highest BCUT2D eigenvalue weighted by Gasteiger charge is 2.33. The number of hydrogen-bond acceptors (Lipinski definition) is 3. The summed E-state index contributed by atoms with van der Waals surface area (Å²) >= 11 is 0. The number of aryl methyl sites for hydroxylation is 1. The summed E-state index contributed by atoms with van der Waals surface area (Å²) < 4.78 is 43.8. The summed E-state index contributed by atoms with van der Waals surface area (Å²) in [6.45, 7) is 2.41. The summed E-state index contributed by atoms with van der Waals surface area (Å²) in [5.74, 6) is -0.512. The van der Waals surface area contributed by atoms with Crippen molar-refractivity contribution in [3.63, 3.8) is 0 Å². The maximum absolute atomic E-state index is 12.9. The molecule has 0 aromatic heterocycles. The first-order valence-corrected chi connectivity index (χ1v) is 8.87. The van der Waals surface area contributed by atoms with Crippen molar-refractivity contribution in [1.82, 2.24) is 4.90 Å². The Balaban J connectivity index is 1.68. The van der Waals surface area contributed by atoms with E-state index in [1.165, 1.54) is 12.0 Å². The smallest absolute Gasteiger partial charge is 0.416 e. The molecule has 2 aromatic rings. The van der Waals surface area contributed by atoms with Gasteiger partial charge in [-0.25, -0.2) is 4.79 Å². The van der Waals surface area contributed by atoms with Crippen LogP contribution in [0.15, 0.2) is 42.5 Å². The third-order valence-electron chi connectivity index (χ3n) is 4.58. The highest BCUT2D eigenvalue weighted by molar-refractivity contribution is 5.99. The predicted molar refractivity (Wildman–Crippen MR) is 102 cm³/mol. The van der Waals surface area contributed by atoms with E-state index in [1.54, 1.807) is 4.90 Å². The van der Waals surface area contributed by atoms with Gasteiger partial charge in [-0.1, -0.05) is 17.7 Å². The molecule has 1 aliphatic heterocycles. The molecule has 0 aliphatic carbocycles. The van der Waals surface area contributed by atoms with Crippen LogP contribution in [0, 0.1) is 6.92 Å². The van der Waals surface area contributed by atoms with Gasteiger partial charge in [0.2, 0.25) is 5.91 Å². The molecule has 2 aromatic carbocycles. The monoisotopic (exact) mass is 407 g/mol. The molecule has 0 spiro atoms. The molecule has 1 aliphatic rings. The summed E-state index contributed by atoms with van der Waals surface area (Å²) in [7, 11) is 1.29. The molecule has 3 rings (SSSR count). The number of amides is 3. The summed E-state index contributed by atoms with van der Waals surface area (Å²) in [5, 5.41) is 2.41. The third-order valence-corrected chi connectivity index (χ3v) is 4.58. The van der Waals surface area contributed by atoms with Crippen molar-refractivity contribution >= 4 is 23.3 Å². The molecule has 1 heterocycles. The van der Waals surface area contributed by atoms with Gasteiger partial charge >= 0.3 is 12.2 Å². The number of ether oxygens (including phenoxy) is 1. The number of carbonyl (C=O) groups is 2. The van der Waals surface area contributed by atoms with Crippen molar-refractivity contribution < 1.29 is 27.5 Å². The minimum absolute atomic E-state index is 0.0976. The number of halogens is 3. The van der Waals surface area contributed by atoms with Crippen LogP contribution in [0.2, 0.25) is 0 Å². The SMILES string of the molecule is COc1ccc(C(F)(F)F)cc1NC(=O)CN1CCN(c2ccc(C)cc2)C1=O. The molecule has 0 unspecified atom stereocenters. The Kier molecular flexibility index (Phi) is 5.67. The average Bonchev–Trinajstić information content (AvgIpc) is 3.02. The fourth-order valence-corrected chi connectivity index (χ4v) is 3.04. The lowest BCUT2D eigenvalue weighted by atomic mass is 10.1. The summed E-state index contributed by atoms with van der Waals surface area (Å²) in [6.07, 6.45) is -4.55. The number of alkyl halides is 3. The standard InChI is InChI=1S/C20H20F3N3O3/c1-13-3-6-15(7-4-13)26-10-9-25(19(26)28)12-18(27)24-16-11-14(20(21,22)23)5-8-17(16)29-2/h3-8,11H,9-10,12H2,1-2H3,(H,24,27). The van der Waals surface area contributed by atoms with Crippen LogP contribution in [-0.2, 0) is 11.0 Å². The van der Waals surface area contributed by atoms with Gasteiger partial charge in [0.25, 0.3) is 0 Å². The normalized spacial score (nSPS) is 14.3. The van der Waals surface area contributed by atoms with Gasteiger partial charge in [0.05, 0.1) is 18.4 Å².